The number of hydrogen-bond acceptors (Lipinski definition) is 6. The Hall–Kier alpha value is -1.98. The topological polar surface area (TPSA) is 113 Å². The second-order valence-electron chi connectivity index (χ2n) is 7.40. The van der Waals surface area contributed by atoms with Gasteiger partial charge in [-0.15, -0.1) is 11.8 Å². The molecule has 1 saturated heterocycles. The standard InChI is InChI=1S/C21H22Cl2N2O6S2/c1-33(29,30)25-12-32-11-19(25)20(26)24-18(21(27)28)9-13-5-7-14(8-6-13)31-10-15-16(22)3-2-4-17(15)23/h2-8,18-19H,9-12H2,1H3,(H,24,26)(H,27,28). The number of carbonyl (C=O) groups is 2. The second-order valence-corrected chi connectivity index (χ2v) is 11.2. The molecule has 12 heteroatoms. The lowest BCUT2D eigenvalue weighted by Gasteiger charge is -2.23. The van der Waals surface area contributed by atoms with E-state index in [0.29, 0.717) is 26.9 Å². The Bertz CT molecular complexity index is 1110. The summed E-state index contributed by atoms with van der Waals surface area (Å²) >= 11 is 13.6. The summed E-state index contributed by atoms with van der Waals surface area (Å²) in [6, 6.07) is 9.78. The van der Waals surface area contributed by atoms with E-state index in [4.69, 9.17) is 27.9 Å². The number of aliphatic carboxylic acids is 1. The van der Waals surface area contributed by atoms with Gasteiger partial charge in [-0.25, -0.2) is 13.2 Å². The number of ether oxygens (including phenoxy) is 1. The average Bonchev–Trinajstić information content (AvgIpc) is 3.25. The number of amides is 1. The normalized spacial score (nSPS) is 17.5. The minimum absolute atomic E-state index is 0.0242. The number of carboxylic acid groups (broad SMARTS) is 1. The van der Waals surface area contributed by atoms with Crippen LogP contribution in [0.3, 0.4) is 0 Å². The van der Waals surface area contributed by atoms with Gasteiger partial charge in [0.15, 0.2) is 0 Å². The first-order chi connectivity index (χ1) is 15.6. The largest absolute Gasteiger partial charge is 0.489 e. The van der Waals surface area contributed by atoms with Crippen LogP contribution in [0.1, 0.15) is 11.1 Å². The van der Waals surface area contributed by atoms with E-state index in [1.54, 1.807) is 42.5 Å². The van der Waals surface area contributed by atoms with Crippen LogP contribution in [-0.2, 0) is 32.6 Å². The molecule has 0 bridgehead atoms. The molecule has 33 heavy (non-hydrogen) atoms. The van der Waals surface area contributed by atoms with E-state index < -0.39 is 34.0 Å². The van der Waals surface area contributed by atoms with Crippen molar-refractivity contribution in [1.82, 2.24) is 9.62 Å². The van der Waals surface area contributed by atoms with Crippen molar-refractivity contribution in [3.8, 4) is 5.75 Å². The second kappa shape index (κ2) is 11.0. The van der Waals surface area contributed by atoms with Gasteiger partial charge >= 0.3 is 5.97 Å². The zero-order valence-corrected chi connectivity index (χ0v) is 20.7. The van der Waals surface area contributed by atoms with Crippen molar-refractivity contribution in [3.63, 3.8) is 0 Å². The third kappa shape index (κ3) is 6.77. The Labute approximate surface area is 206 Å². The summed E-state index contributed by atoms with van der Waals surface area (Å²) in [5.74, 6) is -0.872. The number of nitrogens with zero attached hydrogens (tertiary/aromatic N) is 1. The predicted molar refractivity (Wildman–Crippen MR) is 128 cm³/mol. The molecule has 1 fully saturated rings. The van der Waals surface area contributed by atoms with E-state index in [1.165, 1.54) is 11.8 Å². The molecular weight excluding hydrogens is 511 g/mol. The molecule has 1 aliphatic heterocycles. The van der Waals surface area contributed by atoms with Gasteiger partial charge in [0.05, 0.1) is 12.1 Å². The summed E-state index contributed by atoms with van der Waals surface area (Å²) in [7, 11) is -3.57. The maximum atomic E-state index is 12.6. The summed E-state index contributed by atoms with van der Waals surface area (Å²) in [6.07, 6.45) is 1.05. The highest BCUT2D eigenvalue weighted by molar-refractivity contribution is 8.00. The summed E-state index contributed by atoms with van der Waals surface area (Å²) in [5, 5.41) is 13.0. The van der Waals surface area contributed by atoms with Crippen molar-refractivity contribution in [2.24, 2.45) is 0 Å². The van der Waals surface area contributed by atoms with Crippen molar-refractivity contribution in [3.05, 3.63) is 63.6 Å². The number of benzene rings is 2. The van der Waals surface area contributed by atoms with Crippen LogP contribution in [0, 0.1) is 0 Å². The highest BCUT2D eigenvalue weighted by Crippen LogP contribution is 2.26. The number of thioether (sulfide) groups is 1. The van der Waals surface area contributed by atoms with Crippen LogP contribution in [0.2, 0.25) is 10.0 Å². The van der Waals surface area contributed by atoms with Gasteiger partial charge in [0.2, 0.25) is 15.9 Å². The van der Waals surface area contributed by atoms with Crippen molar-refractivity contribution in [1.29, 1.82) is 0 Å². The van der Waals surface area contributed by atoms with Gasteiger partial charge in [0.1, 0.15) is 24.4 Å². The molecule has 8 nitrogen and oxygen atoms in total. The van der Waals surface area contributed by atoms with Crippen LogP contribution in [0.5, 0.6) is 5.75 Å². The molecule has 0 aromatic heterocycles. The highest BCUT2D eigenvalue weighted by Gasteiger charge is 2.38. The van der Waals surface area contributed by atoms with E-state index in [-0.39, 0.29) is 24.7 Å². The van der Waals surface area contributed by atoms with E-state index in [0.717, 1.165) is 10.6 Å². The molecule has 2 atom stereocenters. The van der Waals surface area contributed by atoms with Crippen molar-refractivity contribution < 1.29 is 27.9 Å². The highest BCUT2D eigenvalue weighted by atomic mass is 35.5. The fourth-order valence-electron chi connectivity index (χ4n) is 3.21. The molecule has 2 aromatic rings. The number of carbonyl (C=O) groups excluding carboxylic acids is 1. The Morgan fingerprint density at radius 2 is 1.85 bits per heavy atom. The zero-order valence-electron chi connectivity index (χ0n) is 17.5. The first kappa shape index (κ1) is 25.6. The van der Waals surface area contributed by atoms with Crippen molar-refractivity contribution in [2.75, 3.05) is 17.9 Å². The molecule has 0 aliphatic carbocycles. The Kier molecular flexibility index (Phi) is 8.52. The van der Waals surface area contributed by atoms with Gasteiger partial charge in [0.25, 0.3) is 0 Å². The van der Waals surface area contributed by atoms with Gasteiger partial charge < -0.3 is 15.2 Å². The SMILES string of the molecule is CS(=O)(=O)N1CSCC1C(=O)NC(Cc1ccc(OCc2c(Cl)cccc2Cl)cc1)C(=O)O. The average molecular weight is 533 g/mol. The minimum Gasteiger partial charge on any atom is -0.489 e. The molecule has 178 valence electrons. The van der Waals surface area contributed by atoms with Crippen LogP contribution in [0.25, 0.3) is 0 Å². The van der Waals surface area contributed by atoms with Gasteiger partial charge in [0, 0.05) is 27.8 Å². The van der Waals surface area contributed by atoms with Crippen LogP contribution < -0.4 is 10.1 Å². The molecular formula is C21H22Cl2N2O6S2. The van der Waals surface area contributed by atoms with Gasteiger partial charge in [-0.2, -0.15) is 4.31 Å². The predicted octanol–water partition coefficient (Wildman–Crippen LogP) is 3.02. The molecule has 1 heterocycles. The van der Waals surface area contributed by atoms with Crippen molar-refractivity contribution >= 4 is 56.9 Å². The number of hydrogen-bond donors (Lipinski definition) is 2. The third-order valence-corrected chi connectivity index (χ3v) is 8.11. The Morgan fingerprint density at radius 1 is 1.21 bits per heavy atom. The maximum absolute atomic E-state index is 12.6. The lowest BCUT2D eigenvalue weighted by Crippen LogP contribution is -2.52. The van der Waals surface area contributed by atoms with E-state index in [2.05, 4.69) is 5.32 Å². The Morgan fingerprint density at radius 3 is 2.42 bits per heavy atom. The lowest BCUT2D eigenvalue weighted by molar-refractivity contribution is -0.142. The Balaban J connectivity index is 1.62. The molecule has 2 unspecified atom stereocenters. The fourth-order valence-corrected chi connectivity index (χ4v) is 6.45. The quantitative estimate of drug-likeness (QED) is 0.510. The zero-order chi connectivity index (χ0) is 24.2. The van der Waals surface area contributed by atoms with Gasteiger partial charge in [-0.1, -0.05) is 41.4 Å². The first-order valence-corrected chi connectivity index (χ1v) is 13.5. The minimum atomic E-state index is -3.57. The number of rotatable bonds is 9. The van der Waals surface area contributed by atoms with Crippen LogP contribution in [0.4, 0.5) is 0 Å². The van der Waals surface area contributed by atoms with E-state index in [9.17, 15) is 23.1 Å². The number of carboxylic acids is 1. The van der Waals surface area contributed by atoms with Gasteiger partial charge in [-0.05, 0) is 29.8 Å². The number of halogens is 2. The summed E-state index contributed by atoms with van der Waals surface area (Å²) < 4.78 is 30.5. The molecule has 0 spiro atoms. The van der Waals surface area contributed by atoms with Crippen LogP contribution in [-0.4, -0.2) is 59.7 Å². The molecule has 3 rings (SSSR count). The van der Waals surface area contributed by atoms with E-state index >= 15 is 0 Å². The molecule has 0 radical (unpaired) electrons. The van der Waals surface area contributed by atoms with E-state index in [1.807, 2.05) is 0 Å². The monoisotopic (exact) mass is 532 g/mol. The van der Waals surface area contributed by atoms with Gasteiger partial charge in [-0.3, -0.25) is 4.79 Å². The van der Waals surface area contributed by atoms with Crippen LogP contribution >= 0.6 is 35.0 Å². The number of nitrogens with one attached hydrogen (secondary N) is 1. The molecule has 2 aromatic carbocycles. The van der Waals surface area contributed by atoms with Crippen LogP contribution in [0.15, 0.2) is 42.5 Å². The fraction of sp³-hybridized carbons (Fsp3) is 0.333. The summed E-state index contributed by atoms with van der Waals surface area (Å²) in [4.78, 5) is 24.3. The lowest BCUT2D eigenvalue weighted by atomic mass is 10.1. The summed E-state index contributed by atoms with van der Waals surface area (Å²) in [5.41, 5.74) is 1.32. The maximum Gasteiger partial charge on any atom is 0.326 e. The first-order valence-electron chi connectivity index (χ1n) is 9.78. The molecule has 1 aliphatic rings. The van der Waals surface area contributed by atoms with Crippen molar-refractivity contribution in [2.45, 2.75) is 25.1 Å². The molecule has 1 amide bonds. The molecule has 2 N–H and O–H groups in total. The summed E-state index contributed by atoms with van der Waals surface area (Å²) in [6.45, 7) is 0.169. The smallest absolute Gasteiger partial charge is 0.326 e. The number of sulfonamides is 1. The molecule has 0 saturated carbocycles. The third-order valence-electron chi connectivity index (χ3n) is 4.99.